The quantitative estimate of drug-likeness (QED) is 0.448. The molecule has 0 unspecified atom stereocenters. The molecule has 8 heteroatoms. The SMILES string of the molecule is COc1cccc([C@H]2C(C(=O)OC(C)C)=C(C)N=c3s/c(=C\c4ccc(N5CCCC5)c(C)c4)c(=O)n32)c1. The van der Waals surface area contributed by atoms with Gasteiger partial charge in [0, 0.05) is 18.8 Å². The monoisotopic (exact) mass is 531 g/mol. The van der Waals surface area contributed by atoms with Crippen molar-refractivity contribution >= 4 is 29.1 Å². The average molecular weight is 532 g/mol. The van der Waals surface area contributed by atoms with Crippen LogP contribution in [-0.2, 0) is 9.53 Å². The number of aromatic nitrogens is 1. The fourth-order valence-corrected chi connectivity index (χ4v) is 6.27. The lowest BCUT2D eigenvalue weighted by Crippen LogP contribution is -2.40. The molecule has 1 atom stereocenters. The number of ether oxygens (including phenoxy) is 2. The summed E-state index contributed by atoms with van der Waals surface area (Å²) in [4.78, 5) is 34.8. The zero-order valence-electron chi connectivity index (χ0n) is 22.5. The number of thiazole rings is 1. The molecule has 7 nitrogen and oxygen atoms in total. The first-order chi connectivity index (χ1) is 18.3. The lowest BCUT2D eigenvalue weighted by Gasteiger charge is -2.25. The lowest BCUT2D eigenvalue weighted by atomic mass is 9.95. The summed E-state index contributed by atoms with van der Waals surface area (Å²) in [6.45, 7) is 9.70. The third-order valence-electron chi connectivity index (χ3n) is 6.96. The Bertz CT molecular complexity index is 1590. The molecule has 1 aromatic heterocycles. The second-order valence-electron chi connectivity index (χ2n) is 10.1. The summed E-state index contributed by atoms with van der Waals surface area (Å²) in [5.74, 6) is 0.167. The second-order valence-corrected chi connectivity index (χ2v) is 11.1. The van der Waals surface area contributed by atoms with Gasteiger partial charge in [0.25, 0.3) is 5.56 Å². The molecule has 0 bridgehead atoms. The van der Waals surface area contributed by atoms with Crippen LogP contribution in [0.2, 0.25) is 0 Å². The summed E-state index contributed by atoms with van der Waals surface area (Å²) >= 11 is 1.33. The predicted octanol–water partition coefficient (Wildman–Crippen LogP) is 4.10. The Balaban J connectivity index is 1.63. The van der Waals surface area contributed by atoms with Gasteiger partial charge >= 0.3 is 5.97 Å². The van der Waals surface area contributed by atoms with Gasteiger partial charge in [-0.1, -0.05) is 29.5 Å². The highest BCUT2D eigenvalue weighted by Crippen LogP contribution is 2.32. The summed E-state index contributed by atoms with van der Waals surface area (Å²) in [5.41, 5.74) is 4.88. The summed E-state index contributed by atoms with van der Waals surface area (Å²) in [6.07, 6.45) is 4.06. The number of anilines is 1. The first-order valence-electron chi connectivity index (χ1n) is 13.0. The van der Waals surface area contributed by atoms with Gasteiger partial charge in [0.2, 0.25) is 0 Å². The van der Waals surface area contributed by atoms with Gasteiger partial charge in [0.1, 0.15) is 5.75 Å². The molecule has 38 heavy (non-hydrogen) atoms. The zero-order chi connectivity index (χ0) is 27.0. The van der Waals surface area contributed by atoms with E-state index in [-0.39, 0.29) is 11.7 Å². The van der Waals surface area contributed by atoms with Crippen molar-refractivity contribution in [1.82, 2.24) is 4.57 Å². The van der Waals surface area contributed by atoms with Crippen LogP contribution in [-0.4, -0.2) is 36.8 Å². The van der Waals surface area contributed by atoms with E-state index >= 15 is 0 Å². The van der Waals surface area contributed by atoms with Crippen molar-refractivity contribution in [3.63, 3.8) is 0 Å². The third-order valence-corrected chi connectivity index (χ3v) is 7.94. The highest BCUT2D eigenvalue weighted by atomic mass is 32.1. The molecule has 0 saturated carbocycles. The van der Waals surface area contributed by atoms with Crippen LogP contribution < -0.4 is 24.5 Å². The maximum Gasteiger partial charge on any atom is 0.338 e. The molecular formula is C30H33N3O4S. The van der Waals surface area contributed by atoms with Crippen LogP contribution >= 0.6 is 11.3 Å². The molecule has 2 aromatic carbocycles. The first kappa shape index (κ1) is 26.0. The van der Waals surface area contributed by atoms with E-state index in [9.17, 15) is 9.59 Å². The van der Waals surface area contributed by atoms with Gasteiger partial charge in [-0.3, -0.25) is 9.36 Å². The number of hydrogen-bond acceptors (Lipinski definition) is 7. The lowest BCUT2D eigenvalue weighted by molar-refractivity contribution is -0.143. The van der Waals surface area contributed by atoms with Crippen molar-refractivity contribution in [2.45, 2.75) is 52.7 Å². The normalized spacial score (nSPS) is 17.6. The number of fused-ring (bicyclic) bond motifs is 1. The molecule has 198 valence electrons. The second kappa shape index (κ2) is 10.6. The van der Waals surface area contributed by atoms with Crippen molar-refractivity contribution in [1.29, 1.82) is 0 Å². The number of benzene rings is 2. The molecule has 0 spiro atoms. The van der Waals surface area contributed by atoms with Gasteiger partial charge in [0.05, 0.1) is 35.1 Å². The summed E-state index contributed by atoms with van der Waals surface area (Å²) < 4.78 is 13.2. The molecule has 3 heterocycles. The van der Waals surface area contributed by atoms with Gasteiger partial charge < -0.3 is 14.4 Å². The van der Waals surface area contributed by atoms with Crippen LogP contribution in [0, 0.1) is 6.92 Å². The minimum Gasteiger partial charge on any atom is -0.497 e. The summed E-state index contributed by atoms with van der Waals surface area (Å²) in [7, 11) is 1.59. The number of allylic oxidation sites excluding steroid dienone is 1. The van der Waals surface area contributed by atoms with Crippen LogP contribution in [0.5, 0.6) is 5.75 Å². The number of rotatable bonds is 6. The largest absolute Gasteiger partial charge is 0.497 e. The Morgan fingerprint density at radius 2 is 1.89 bits per heavy atom. The summed E-state index contributed by atoms with van der Waals surface area (Å²) in [6, 6.07) is 13.1. The predicted molar refractivity (Wildman–Crippen MR) is 151 cm³/mol. The van der Waals surface area contributed by atoms with E-state index < -0.39 is 12.0 Å². The number of hydrogen-bond donors (Lipinski definition) is 0. The molecule has 0 radical (unpaired) electrons. The Morgan fingerprint density at radius 1 is 1.13 bits per heavy atom. The topological polar surface area (TPSA) is 73.1 Å². The minimum atomic E-state index is -0.672. The number of carbonyl (C=O) groups is 1. The standard InChI is InChI=1S/C30H33N3O4S/c1-18(2)37-29(35)26-20(4)31-30-33(27(26)22-9-8-10-23(17-22)36-5)28(34)25(38-30)16-21-11-12-24(19(3)15-21)32-13-6-7-14-32/h8-12,15-18,27H,6-7,13-14H2,1-5H3/b25-16-/t27-/m0/s1. The number of carbonyl (C=O) groups excluding carboxylic acids is 1. The molecule has 1 saturated heterocycles. The number of aryl methyl sites for hydroxylation is 1. The molecule has 0 amide bonds. The van der Waals surface area contributed by atoms with E-state index in [2.05, 4.69) is 35.0 Å². The number of esters is 1. The average Bonchev–Trinajstić information content (AvgIpc) is 3.51. The van der Waals surface area contributed by atoms with Gasteiger partial charge in [-0.15, -0.1) is 0 Å². The number of methoxy groups -OCH3 is 1. The van der Waals surface area contributed by atoms with Crippen LogP contribution in [0.25, 0.3) is 6.08 Å². The number of nitrogens with zero attached hydrogens (tertiary/aromatic N) is 3. The first-order valence-corrected chi connectivity index (χ1v) is 13.8. The van der Waals surface area contributed by atoms with Gasteiger partial charge in [-0.05, 0) is 87.6 Å². The van der Waals surface area contributed by atoms with Crippen LogP contribution in [0.4, 0.5) is 5.69 Å². The van der Waals surface area contributed by atoms with Crippen LogP contribution in [0.15, 0.2) is 63.5 Å². The van der Waals surface area contributed by atoms with E-state index in [1.165, 1.54) is 35.4 Å². The smallest absolute Gasteiger partial charge is 0.338 e. The van der Waals surface area contributed by atoms with Crippen molar-refractivity contribution in [2.75, 3.05) is 25.1 Å². The van der Waals surface area contributed by atoms with Crippen molar-refractivity contribution in [3.05, 3.63) is 90.1 Å². The highest BCUT2D eigenvalue weighted by molar-refractivity contribution is 7.07. The minimum absolute atomic E-state index is 0.190. The van der Waals surface area contributed by atoms with E-state index in [4.69, 9.17) is 9.47 Å². The molecule has 0 aliphatic carbocycles. The van der Waals surface area contributed by atoms with E-state index in [1.807, 2.05) is 30.3 Å². The fourth-order valence-electron chi connectivity index (χ4n) is 5.22. The van der Waals surface area contributed by atoms with Crippen LogP contribution in [0.3, 0.4) is 0 Å². The van der Waals surface area contributed by atoms with Gasteiger partial charge in [-0.2, -0.15) is 0 Å². The highest BCUT2D eigenvalue weighted by Gasteiger charge is 2.34. The summed E-state index contributed by atoms with van der Waals surface area (Å²) in [5, 5.41) is 0. The molecule has 2 aliphatic heterocycles. The Kier molecular flexibility index (Phi) is 7.25. The maximum absolute atomic E-state index is 13.9. The molecule has 3 aromatic rings. The van der Waals surface area contributed by atoms with Crippen molar-refractivity contribution in [2.24, 2.45) is 4.99 Å². The molecule has 0 N–H and O–H groups in total. The van der Waals surface area contributed by atoms with Gasteiger partial charge in [-0.25, -0.2) is 9.79 Å². The Labute approximate surface area is 226 Å². The Hall–Kier alpha value is -3.65. The molecule has 2 aliphatic rings. The third kappa shape index (κ3) is 4.92. The molecular weight excluding hydrogens is 498 g/mol. The maximum atomic E-state index is 13.9. The van der Waals surface area contributed by atoms with E-state index in [0.29, 0.717) is 26.4 Å². The van der Waals surface area contributed by atoms with E-state index in [1.54, 1.807) is 32.4 Å². The van der Waals surface area contributed by atoms with Crippen molar-refractivity contribution in [3.8, 4) is 5.75 Å². The van der Waals surface area contributed by atoms with E-state index in [0.717, 1.165) is 24.2 Å². The molecule has 5 rings (SSSR count). The Morgan fingerprint density at radius 3 is 2.58 bits per heavy atom. The van der Waals surface area contributed by atoms with Crippen molar-refractivity contribution < 1.29 is 14.3 Å². The van der Waals surface area contributed by atoms with Crippen LogP contribution in [0.1, 0.15) is 56.3 Å². The van der Waals surface area contributed by atoms with Gasteiger partial charge in [0.15, 0.2) is 4.80 Å². The zero-order valence-corrected chi connectivity index (χ0v) is 23.3. The molecule has 1 fully saturated rings. The fraction of sp³-hybridized carbons (Fsp3) is 0.367.